The average molecular weight is 747 g/mol. The van der Waals surface area contributed by atoms with E-state index in [1.165, 1.54) is 31.2 Å². The van der Waals surface area contributed by atoms with E-state index < -0.39 is 27.9 Å². The molecular weight excluding hydrogens is 712 g/mol. The molecule has 0 saturated heterocycles. The Balaban J connectivity index is 1.29. The van der Waals surface area contributed by atoms with Crippen molar-refractivity contribution < 1.29 is 27.9 Å². The molecule has 0 spiro atoms. The van der Waals surface area contributed by atoms with Crippen LogP contribution in [-0.2, 0) is 36.0 Å². The largest absolute Gasteiger partial charge is 0.394 e. The fourth-order valence-electron chi connectivity index (χ4n) is 6.69. The molecule has 2 N–H and O–H groups in total. The highest BCUT2D eigenvalue weighted by molar-refractivity contribution is 7.90. The number of aryl methyl sites for hydroxylation is 2. The van der Waals surface area contributed by atoms with E-state index in [2.05, 4.69) is 9.71 Å². The number of nitrogens with one attached hydrogen (secondary N) is 1. The summed E-state index contributed by atoms with van der Waals surface area (Å²) in [6, 6.07) is 30.8. The van der Waals surface area contributed by atoms with Crippen LogP contribution in [0.4, 0.5) is 0 Å². The molecule has 2 heterocycles. The Morgan fingerprint density at radius 2 is 1.66 bits per heavy atom. The first-order valence-corrected chi connectivity index (χ1v) is 18.9. The van der Waals surface area contributed by atoms with Gasteiger partial charge in [0.2, 0.25) is 0 Å². The number of amides is 2. The van der Waals surface area contributed by atoms with Crippen molar-refractivity contribution in [2.45, 2.75) is 43.8 Å². The van der Waals surface area contributed by atoms with E-state index in [0.29, 0.717) is 41.2 Å². The molecule has 0 bridgehead atoms. The third kappa shape index (κ3) is 7.36. The first kappa shape index (κ1) is 35.8. The molecule has 0 fully saturated rings. The van der Waals surface area contributed by atoms with Crippen molar-refractivity contribution in [3.8, 4) is 11.4 Å². The predicted octanol–water partition coefficient (Wildman–Crippen LogP) is 6.48. The number of benzene rings is 5. The maximum Gasteiger partial charge on any atom is 0.265 e. The molecule has 7 rings (SSSR count). The van der Waals surface area contributed by atoms with Crippen LogP contribution in [0.1, 0.15) is 54.8 Å². The van der Waals surface area contributed by atoms with Gasteiger partial charge in [-0.2, -0.15) is 0 Å². The van der Waals surface area contributed by atoms with Gasteiger partial charge in [0.05, 0.1) is 23.1 Å². The molecule has 5 aromatic carbocycles. The zero-order valence-corrected chi connectivity index (χ0v) is 30.3. The van der Waals surface area contributed by atoms with Crippen LogP contribution in [0, 0.1) is 0 Å². The number of Topliss-reactive ketones (excluding diaryl/α,β-unsaturated/α-hetero) is 1. The normalized spacial score (nSPS) is 14.2. The highest BCUT2D eigenvalue weighted by Gasteiger charge is 2.33. The summed E-state index contributed by atoms with van der Waals surface area (Å²) in [6.07, 6.45) is 2.67. The van der Waals surface area contributed by atoms with Crippen LogP contribution in [0.15, 0.2) is 120 Å². The second kappa shape index (κ2) is 14.8. The molecule has 53 heavy (non-hydrogen) atoms. The van der Waals surface area contributed by atoms with Crippen LogP contribution in [0.25, 0.3) is 22.2 Å². The summed E-state index contributed by atoms with van der Waals surface area (Å²) in [5.74, 6) is -1.37. The van der Waals surface area contributed by atoms with E-state index in [9.17, 15) is 27.9 Å². The highest BCUT2D eigenvalue weighted by Crippen LogP contribution is 2.31. The number of halogens is 1. The Bertz CT molecular complexity index is 2500. The van der Waals surface area contributed by atoms with Gasteiger partial charge in [-0.1, -0.05) is 84.4 Å². The summed E-state index contributed by atoms with van der Waals surface area (Å²) in [7, 11) is -4.37. The van der Waals surface area contributed by atoms with Crippen LogP contribution in [0.5, 0.6) is 0 Å². The summed E-state index contributed by atoms with van der Waals surface area (Å²) in [4.78, 5) is 47.0. The van der Waals surface area contributed by atoms with E-state index in [1.807, 2.05) is 54.6 Å². The van der Waals surface area contributed by atoms with Crippen molar-refractivity contribution in [1.82, 2.24) is 19.2 Å². The topological polar surface area (TPSA) is 139 Å². The number of aromatic nitrogens is 2. The van der Waals surface area contributed by atoms with Crippen LogP contribution in [-0.4, -0.2) is 58.2 Å². The van der Waals surface area contributed by atoms with Gasteiger partial charge in [-0.15, -0.1) is 0 Å². The molecule has 268 valence electrons. The SMILES string of the molecule is CC(=O)c1cn(CCc2ccccc2)c(-c2ccc(C(=O)NS(=O)(=O)c3ccc4cccc(Cl)c4c3)cc2C(=O)N2Cc3ccccc3C[C@H]2CO)n1. The monoisotopic (exact) mass is 746 g/mol. The Kier molecular flexibility index (Phi) is 9.98. The zero-order valence-electron chi connectivity index (χ0n) is 28.7. The molecule has 1 aromatic heterocycles. The number of hydrogen-bond donors (Lipinski definition) is 2. The van der Waals surface area contributed by atoms with Crippen molar-refractivity contribution in [3.05, 3.63) is 154 Å². The number of hydrogen-bond acceptors (Lipinski definition) is 7. The molecule has 2 amide bonds. The van der Waals surface area contributed by atoms with E-state index >= 15 is 0 Å². The number of carbonyl (C=O) groups is 3. The number of aliphatic hydroxyl groups excluding tert-OH is 1. The molecule has 10 nitrogen and oxygen atoms in total. The van der Waals surface area contributed by atoms with Crippen molar-refractivity contribution in [2.75, 3.05) is 6.61 Å². The number of carbonyl (C=O) groups excluding carboxylic acids is 3. The molecule has 1 aliphatic rings. The molecule has 0 saturated carbocycles. The lowest BCUT2D eigenvalue weighted by molar-refractivity contribution is 0.0545. The van der Waals surface area contributed by atoms with Crippen LogP contribution in [0.2, 0.25) is 5.02 Å². The third-order valence-corrected chi connectivity index (χ3v) is 11.2. The molecule has 0 aliphatic carbocycles. The van der Waals surface area contributed by atoms with Crippen molar-refractivity contribution in [1.29, 1.82) is 0 Å². The van der Waals surface area contributed by atoms with Gasteiger partial charge in [0.25, 0.3) is 21.8 Å². The van der Waals surface area contributed by atoms with E-state index in [0.717, 1.165) is 22.1 Å². The van der Waals surface area contributed by atoms with E-state index in [4.69, 9.17) is 11.6 Å². The lowest BCUT2D eigenvalue weighted by Crippen LogP contribution is -2.46. The van der Waals surface area contributed by atoms with Gasteiger partial charge in [0.15, 0.2) is 5.78 Å². The molecule has 0 unspecified atom stereocenters. The lowest BCUT2D eigenvalue weighted by Gasteiger charge is -2.36. The fraction of sp³-hybridized carbons (Fsp3) is 0.171. The molecule has 0 radical (unpaired) electrons. The van der Waals surface area contributed by atoms with Gasteiger partial charge in [-0.3, -0.25) is 14.4 Å². The maximum absolute atomic E-state index is 14.7. The number of aliphatic hydroxyl groups is 1. The smallest absolute Gasteiger partial charge is 0.265 e. The van der Waals surface area contributed by atoms with Gasteiger partial charge < -0.3 is 14.6 Å². The fourth-order valence-corrected chi connectivity index (χ4v) is 7.92. The molecule has 1 atom stereocenters. The quantitative estimate of drug-likeness (QED) is 0.153. The molecule has 12 heteroatoms. The second-order valence-electron chi connectivity index (χ2n) is 13.0. The summed E-state index contributed by atoms with van der Waals surface area (Å²) < 4.78 is 30.9. The predicted molar refractivity (Wildman–Crippen MR) is 202 cm³/mol. The van der Waals surface area contributed by atoms with Gasteiger partial charge >= 0.3 is 0 Å². The minimum atomic E-state index is -4.37. The number of ketones is 1. The number of fused-ring (bicyclic) bond motifs is 2. The minimum Gasteiger partial charge on any atom is -0.394 e. The van der Waals surface area contributed by atoms with Gasteiger partial charge in [0.1, 0.15) is 11.5 Å². The number of nitrogens with zero attached hydrogens (tertiary/aromatic N) is 3. The Hall–Kier alpha value is -5.62. The first-order valence-electron chi connectivity index (χ1n) is 17.0. The lowest BCUT2D eigenvalue weighted by atomic mass is 9.92. The highest BCUT2D eigenvalue weighted by atomic mass is 35.5. The van der Waals surface area contributed by atoms with Gasteiger partial charge in [-0.05, 0) is 71.3 Å². The zero-order chi connectivity index (χ0) is 37.3. The summed E-state index contributed by atoms with van der Waals surface area (Å²) in [5.41, 5.74) is 3.52. The maximum atomic E-state index is 14.7. The summed E-state index contributed by atoms with van der Waals surface area (Å²) in [5, 5.41) is 12.0. The van der Waals surface area contributed by atoms with Crippen LogP contribution < -0.4 is 4.72 Å². The Morgan fingerprint density at radius 3 is 2.42 bits per heavy atom. The second-order valence-corrected chi connectivity index (χ2v) is 15.1. The molecule has 6 aromatic rings. The van der Waals surface area contributed by atoms with Crippen molar-refractivity contribution in [3.63, 3.8) is 0 Å². The van der Waals surface area contributed by atoms with Gasteiger partial charge in [-0.25, -0.2) is 18.1 Å². The number of imidazole rings is 1. The minimum absolute atomic E-state index is 0.0621. The van der Waals surface area contributed by atoms with Crippen molar-refractivity contribution in [2.24, 2.45) is 0 Å². The number of rotatable bonds is 10. The first-order chi connectivity index (χ1) is 25.5. The Labute approximate surface area is 311 Å². The van der Waals surface area contributed by atoms with Crippen LogP contribution >= 0.6 is 11.6 Å². The van der Waals surface area contributed by atoms with Crippen LogP contribution in [0.3, 0.4) is 0 Å². The van der Waals surface area contributed by atoms with Gasteiger partial charge in [0, 0.05) is 47.7 Å². The molecule has 1 aliphatic heterocycles. The summed E-state index contributed by atoms with van der Waals surface area (Å²) >= 11 is 6.33. The standard InChI is InChI=1S/C41H35ClN4O6S/c1-26(48)38-24-45(19-18-27-8-3-2-4-9-27)39(43-38)34-17-15-30(21-36(34)41(50)46-23-31-11-6-5-10-29(31)20-32(46)25-47)40(49)44-53(51,52)33-16-14-28-12-7-13-37(42)35(28)22-33/h2-17,21-22,24,32,47H,18-20,23,25H2,1H3,(H,44,49)/t32-/m0/s1. The Morgan fingerprint density at radius 1 is 0.906 bits per heavy atom. The average Bonchev–Trinajstić information content (AvgIpc) is 3.61. The number of sulfonamides is 1. The van der Waals surface area contributed by atoms with Crippen molar-refractivity contribution >= 4 is 50.0 Å². The third-order valence-electron chi connectivity index (χ3n) is 9.54. The summed E-state index contributed by atoms with van der Waals surface area (Å²) in [6.45, 7) is 1.74. The molecular formula is C41H35ClN4O6S. The van der Waals surface area contributed by atoms with E-state index in [1.54, 1.807) is 46.0 Å². The van der Waals surface area contributed by atoms with E-state index in [-0.39, 0.29) is 40.7 Å².